The van der Waals surface area contributed by atoms with Crippen LogP contribution < -0.4 is 10.6 Å². The predicted molar refractivity (Wildman–Crippen MR) is 123 cm³/mol. The number of thiazole rings is 2. The maximum absolute atomic E-state index is 12.6. The Bertz CT molecular complexity index is 1240. The summed E-state index contributed by atoms with van der Waals surface area (Å²) in [7, 11) is 0. The van der Waals surface area contributed by atoms with Gasteiger partial charge in [-0.3, -0.25) is 9.59 Å². The van der Waals surface area contributed by atoms with Crippen molar-refractivity contribution in [3.63, 3.8) is 0 Å². The minimum absolute atomic E-state index is 0.204. The van der Waals surface area contributed by atoms with E-state index in [-0.39, 0.29) is 11.8 Å². The number of hydrogen-bond donors (Lipinski definition) is 2. The summed E-state index contributed by atoms with van der Waals surface area (Å²) in [5.41, 5.74) is 4.09. The van der Waals surface area contributed by atoms with Crippen LogP contribution in [0.4, 0.5) is 10.8 Å². The fraction of sp³-hybridized carbons (Fsp3) is 0.100. The molecule has 0 aliphatic heterocycles. The molecule has 4 aromatic rings. The molecule has 4 rings (SSSR count). The predicted octanol–water partition coefficient (Wildman–Crippen LogP) is 6.05. The van der Waals surface area contributed by atoms with Crippen LogP contribution in [0.1, 0.15) is 28.9 Å². The topological polar surface area (TPSA) is 84.0 Å². The van der Waals surface area contributed by atoms with Crippen LogP contribution in [-0.4, -0.2) is 21.8 Å². The second-order valence-electron chi connectivity index (χ2n) is 6.41. The van der Waals surface area contributed by atoms with Crippen LogP contribution in [0.5, 0.6) is 0 Å². The zero-order chi connectivity index (χ0) is 21.3. The van der Waals surface area contributed by atoms with Crippen LogP contribution in [0.3, 0.4) is 0 Å². The van der Waals surface area contributed by atoms with Crippen LogP contribution in [0.15, 0.2) is 47.3 Å². The average molecular weight is 477 g/mol. The van der Waals surface area contributed by atoms with Gasteiger partial charge < -0.3 is 10.6 Å². The van der Waals surface area contributed by atoms with E-state index in [2.05, 4.69) is 20.6 Å². The van der Waals surface area contributed by atoms with Crippen LogP contribution in [0.25, 0.3) is 10.2 Å². The van der Waals surface area contributed by atoms with Crippen molar-refractivity contribution in [2.75, 3.05) is 10.6 Å². The second kappa shape index (κ2) is 8.69. The number of hydrogen-bond acceptors (Lipinski definition) is 6. The summed E-state index contributed by atoms with van der Waals surface area (Å²) in [6.45, 7) is 1.79. The van der Waals surface area contributed by atoms with Crippen LogP contribution in [-0.2, 0) is 4.79 Å². The molecule has 2 heterocycles. The Balaban J connectivity index is 1.48. The molecule has 0 aliphatic rings. The van der Waals surface area contributed by atoms with Gasteiger partial charge in [0, 0.05) is 11.1 Å². The summed E-state index contributed by atoms with van der Waals surface area (Å²) in [6, 6.07) is 10.5. The van der Waals surface area contributed by atoms with E-state index in [1.54, 1.807) is 48.1 Å². The van der Waals surface area contributed by atoms with Gasteiger partial charge in [-0.15, -0.1) is 11.3 Å². The van der Waals surface area contributed by atoms with E-state index in [0.29, 0.717) is 26.6 Å². The Hall–Kier alpha value is -2.52. The SMILES string of the molecule is CC(C(=O)Nc1nc2ccc(NC(=O)c3cscn3)cc2s1)c1ccc(Cl)c(Cl)c1. The minimum atomic E-state index is -0.431. The summed E-state index contributed by atoms with van der Waals surface area (Å²) in [5.74, 6) is -0.909. The summed E-state index contributed by atoms with van der Waals surface area (Å²) < 4.78 is 0.837. The van der Waals surface area contributed by atoms with E-state index >= 15 is 0 Å². The van der Waals surface area contributed by atoms with E-state index < -0.39 is 5.92 Å². The van der Waals surface area contributed by atoms with Gasteiger partial charge in [0.15, 0.2) is 5.13 Å². The minimum Gasteiger partial charge on any atom is -0.321 e. The lowest BCUT2D eigenvalue weighted by Gasteiger charge is -2.11. The molecule has 0 fully saturated rings. The van der Waals surface area contributed by atoms with Gasteiger partial charge in [-0.2, -0.15) is 0 Å². The first-order valence-electron chi connectivity index (χ1n) is 8.76. The molecule has 2 amide bonds. The molecule has 2 aromatic heterocycles. The molecule has 152 valence electrons. The van der Waals surface area contributed by atoms with Gasteiger partial charge in [-0.25, -0.2) is 9.97 Å². The molecule has 1 atom stereocenters. The molecule has 0 spiro atoms. The van der Waals surface area contributed by atoms with Crippen molar-refractivity contribution < 1.29 is 9.59 Å². The highest BCUT2D eigenvalue weighted by molar-refractivity contribution is 7.22. The van der Waals surface area contributed by atoms with Gasteiger partial charge >= 0.3 is 0 Å². The highest BCUT2D eigenvalue weighted by Gasteiger charge is 2.18. The molecule has 0 radical (unpaired) electrons. The van der Waals surface area contributed by atoms with Crippen LogP contribution in [0, 0.1) is 0 Å². The Labute approximate surface area is 189 Å². The number of aromatic nitrogens is 2. The Morgan fingerprint density at radius 2 is 1.90 bits per heavy atom. The number of benzene rings is 2. The van der Waals surface area contributed by atoms with Gasteiger partial charge in [0.05, 0.1) is 31.7 Å². The number of fused-ring (bicyclic) bond motifs is 1. The smallest absolute Gasteiger partial charge is 0.275 e. The molecular formula is C20H14Cl2N4O2S2. The third-order valence-corrected chi connectivity index (χ3v) is 6.64. The summed E-state index contributed by atoms with van der Waals surface area (Å²) in [6.07, 6.45) is 0. The maximum atomic E-state index is 12.6. The lowest BCUT2D eigenvalue weighted by Crippen LogP contribution is -2.18. The normalized spacial score (nSPS) is 12.0. The van der Waals surface area contributed by atoms with E-state index in [0.717, 1.165) is 15.8 Å². The summed E-state index contributed by atoms with van der Waals surface area (Å²) in [4.78, 5) is 33.3. The number of anilines is 2. The molecule has 1 unspecified atom stereocenters. The number of carbonyl (C=O) groups is 2. The van der Waals surface area contributed by atoms with Crippen molar-refractivity contribution in [2.24, 2.45) is 0 Å². The number of nitrogens with zero attached hydrogens (tertiary/aromatic N) is 2. The fourth-order valence-corrected chi connectivity index (χ4v) is 4.47. The molecule has 0 saturated heterocycles. The number of amides is 2. The van der Waals surface area contributed by atoms with Crippen LogP contribution >= 0.6 is 45.9 Å². The van der Waals surface area contributed by atoms with Gasteiger partial charge in [-0.1, -0.05) is 40.6 Å². The number of carbonyl (C=O) groups excluding carboxylic acids is 2. The number of halogens is 2. The van der Waals surface area contributed by atoms with Crippen molar-refractivity contribution in [1.29, 1.82) is 0 Å². The largest absolute Gasteiger partial charge is 0.321 e. The van der Waals surface area contributed by atoms with E-state index in [1.165, 1.54) is 22.7 Å². The van der Waals surface area contributed by atoms with Crippen molar-refractivity contribution in [1.82, 2.24) is 9.97 Å². The molecule has 0 aliphatic carbocycles. The Morgan fingerprint density at radius 1 is 1.07 bits per heavy atom. The lowest BCUT2D eigenvalue weighted by molar-refractivity contribution is -0.117. The first-order chi connectivity index (χ1) is 14.4. The van der Waals surface area contributed by atoms with Gasteiger partial charge in [-0.05, 0) is 42.8 Å². The monoisotopic (exact) mass is 476 g/mol. The van der Waals surface area contributed by atoms with Crippen molar-refractivity contribution in [2.45, 2.75) is 12.8 Å². The third kappa shape index (κ3) is 4.46. The molecule has 6 nitrogen and oxygen atoms in total. The molecule has 0 saturated carbocycles. The zero-order valence-corrected chi connectivity index (χ0v) is 18.6. The first kappa shape index (κ1) is 20.7. The highest BCUT2D eigenvalue weighted by Crippen LogP contribution is 2.31. The standard InChI is InChI=1S/C20H14Cl2N4O2S2/c1-10(11-2-4-13(21)14(22)6-11)18(27)26-20-25-15-5-3-12(7-17(15)30-20)24-19(28)16-8-29-9-23-16/h2-10H,1H3,(H,24,28)(H,25,26,27). The van der Waals surface area contributed by atoms with E-state index in [1.807, 2.05) is 6.07 Å². The van der Waals surface area contributed by atoms with E-state index in [9.17, 15) is 9.59 Å². The van der Waals surface area contributed by atoms with Gasteiger partial charge in [0.25, 0.3) is 5.91 Å². The molecule has 10 heteroatoms. The fourth-order valence-electron chi connectivity index (χ4n) is 2.72. The van der Waals surface area contributed by atoms with Crippen molar-refractivity contribution in [3.8, 4) is 0 Å². The quantitative estimate of drug-likeness (QED) is 0.366. The van der Waals surface area contributed by atoms with E-state index in [4.69, 9.17) is 23.2 Å². The van der Waals surface area contributed by atoms with Crippen LogP contribution in [0.2, 0.25) is 10.0 Å². The molecule has 2 N–H and O–H groups in total. The molecule has 2 aromatic carbocycles. The highest BCUT2D eigenvalue weighted by atomic mass is 35.5. The zero-order valence-electron chi connectivity index (χ0n) is 15.5. The first-order valence-corrected chi connectivity index (χ1v) is 11.3. The van der Waals surface area contributed by atoms with Gasteiger partial charge in [0.2, 0.25) is 5.91 Å². The van der Waals surface area contributed by atoms with Crippen molar-refractivity contribution in [3.05, 3.63) is 68.6 Å². The Morgan fingerprint density at radius 3 is 2.63 bits per heavy atom. The molecule has 0 bridgehead atoms. The lowest BCUT2D eigenvalue weighted by atomic mass is 10.0. The van der Waals surface area contributed by atoms with Gasteiger partial charge in [0.1, 0.15) is 5.69 Å². The Kier molecular flexibility index (Phi) is 6.01. The number of rotatable bonds is 5. The van der Waals surface area contributed by atoms with Crippen molar-refractivity contribution >= 4 is 78.7 Å². The maximum Gasteiger partial charge on any atom is 0.275 e. The summed E-state index contributed by atoms with van der Waals surface area (Å²) in [5, 5.41) is 8.66. The third-order valence-electron chi connectivity index (χ3n) is 4.38. The molecular weight excluding hydrogens is 463 g/mol. The summed E-state index contributed by atoms with van der Waals surface area (Å²) >= 11 is 14.7. The molecule has 30 heavy (non-hydrogen) atoms. The second-order valence-corrected chi connectivity index (χ2v) is 8.98. The number of nitrogens with one attached hydrogen (secondary N) is 2. The average Bonchev–Trinajstić information content (AvgIpc) is 3.38.